The van der Waals surface area contributed by atoms with E-state index in [0.717, 1.165) is 48.7 Å². The van der Waals surface area contributed by atoms with Crippen LogP contribution in [0.15, 0.2) is 42.5 Å². The van der Waals surface area contributed by atoms with Crippen LogP contribution in [0.1, 0.15) is 29.6 Å². The van der Waals surface area contributed by atoms with E-state index in [1.54, 1.807) is 0 Å². The van der Waals surface area contributed by atoms with Gasteiger partial charge in [0.1, 0.15) is 0 Å². The van der Waals surface area contributed by atoms with Crippen molar-refractivity contribution in [1.29, 1.82) is 0 Å². The standard InChI is InChI=1S/C21H25N3O2/c25-20(23-17-8-11-22-14-17)16-9-12-24(13-10-16)21(26)19-7-3-5-15-4-1-2-6-18(15)19/h1-7,16-17,22H,8-14H2,(H,23,25). The van der Waals surface area contributed by atoms with E-state index in [-0.39, 0.29) is 23.8 Å². The van der Waals surface area contributed by atoms with Gasteiger partial charge in [-0.3, -0.25) is 9.59 Å². The molecule has 0 saturated carbocycles. The lowest BCUT2D eigenvalue weighted by atomic mass is 9.94. The molecule has 2 saturated heterocycles. The summed E-state index contributed by atoms with van der Waals surface area (Å²) in [4.78, 5) is 27.3. The molecule has 2 N–H and O–H groups in total. The number of nitrogens with one attached hydrogen (secondary N) is 2. The van der Waals surface area contributed by atoms with Crippen molar-refractivity contribution >= 4 is 22.6 Å². The Balaban J connectivity index is 1.39. The highest BCUT2D eigenvalue weighted by Gasteiger charge is 2.29. The first-order chi connectivity index (χ1) is 12.7. The molecule has 4 rings (SSSR count). The normalized spacial score (nSPS) is 21.1. The quantitative estimate of drug-likeness (QED) is 0.891. The summed E-state index contributed by atoms with van der Waals surface area (Å²) < 4.78 is 0. The van der Waals surface area contributed by atoms with Gasteiger partial charge >= 0.3 is 0 Å². The van der Waals surface area contributed by atoms with Crippen molar-refractivity contribution in [3.63, 3.8) is 0 Å². The number of fused-ring (bicyclic) bond motifs is 1. The van der Waals surface area contributed by atoms with Crippen molar-refractivity contribution < 1.29 is 9.59 Å². The van der Waals surface area contributed by atoms with Crippen molar-refractivity contribution in [2.45, 2.75) is 25.3 Å². The van der Waals surface area contributed by atoms with Gasteiger partial charge < -0.3 is 15.5 Å². The van der Waals surface area contributed by atoms with Crippen LogP contribution in [0, 0.1) is 5.92 Å². The van der Waals surface area contributed by atoms with E-state index in [1.165, 1.54) is 0 Å². The summed E-state index contributed by atoms with van der Waals surface area (Å²) in [5, 5.41) is 8.49. The van der Waals surface area contributed by atoms with E-state index in [2.05, 4.69) is 10.6 Å². The van der Waals surface area contributed by atoms with Gasteiger partial charge in [0, 0.05) is 37.2 Å². The van der Waals surface area contributed by atoms with Crippen LogP contribution >= 0.6 is 0 Å². The molecule has 0 aromatic heterocycles. The van der Waals surface area contributed by atoms with Crippen LogP contribution in [0.4, 0.5) is 0 Å². The molecule has 2 amide bonds. The van der Waals surface area contributed by atoms with Crippen molar-refractivity contribution in [2.75, 3.05) is 26.2 Å². The molecule has 0 aliphatic carbocycles. The van der Waals surface area contributed by atoms with Crippen LogP contribution in [0.3, 0.4) is 0 Å². The zero-order chi connectivity index (χ0) is 17.9. The van der Waals surface area contributed by atoms with E-state index in [1.807, 2.05) is 47.4 Å². The SMILES string of the molecule is O=C(NC1CCNC1)C1CCN(C(=O)c2cccc3ccccc23)CC1. The van der Waals surface area contributed by atoms with Gasteiger partial charge in [0.2, 0.25) is 5.91 Å². The minimum Gasteiger partial charge on any atom is -0.352 e. The lowest BCUT2D eigenvalue weighted by Crippen LogP contribution is -2.45. The van der Waals surface area contributed by atoms with E-state index in [4.69, 9.17) is 0 Å². The van der Waals surface area contributed by atoms with Gasteiger partial charge in [0.05, 0.1) is 0 Å². The predicted octanol–water partition coefficient (Wildman–Crippen LogP) is 2.17. The zero-order valence-electron chi connectivity index (χ0n) is 14.9. The number of carbonyl (C=O) groups excluding carboxylic acids is 2. The summed E-state index contributed by atoms with van der Waals surface area (Å²) in [5.74, 6) is 0.240. The molecule has 1 atom stereocenters. The monoisotopic (exact) mass is 351 g/mol. The van der Waals surface area contributed by atoms with Gasteiger partial charge in [-0.25, -0.2) is 0 Å². The molecule has 0 bridgehead atoms. The highest BCUT2D eigenvalue weighted by atomic mass is 16.2. The summed E-state index contributed by atoms with van der Waals surface area (Å²) in [6.45, 7) is 3.12. The number of piperidine rings is 1. The zero-order valence-corrected chi connectivity index (χ0v) is 14.9. The third-order valence-corrected chi connectivity index (χ3v) is 5.58. The highest BCUT2D eigenvalue weighted by Crippen LogP contribution is 2.24. The molecule has 26 heavy (non-hydrogen) atoms. The molecule has 0 spiro atoms. The van der Waals surface area contributed by atoms with E-state index in [0.29, 0.717) is 13.1 Å². The fraction of sp³-hybridized carbons (Fsp3) is 0.429. The van der Waals surface area contributed by atoms with E-state index in [9.17, 15) is 9.59 Å². The lowest BCUT2D eigenvalue weighted by Gasteiger charge is -2.32. The molecule has 136 valence electrons. The molecule has 2 heterocycles. The average Bonchev–Trinajstić information content (AvgIpc) is 3.20. The summed E-state index contributed by atoms with van der Waals surface area (Å²) in [6, 6.07) is 14.1. The fourth-order valence-corrected chi connectivity index (χ4v) is 4.02. The topological polar surface area (TPSA) is 61.4 Å². The van der Waals surface area contributed by atoms with E-state index >= 15 is 0 Å². The smallest absolute Gasteiger partial charge is 0.254 e. The predicted molar refractivity (Wildman–Crippen MR) is 102 cm³/mol. The number of likely N-dealkylation sites (tertiary alicyclic amines) is 1. The number of rotatable bonds is 3. The minimum atomic E-state index is 0.0205. The fourth-order valence-electron chi connectivity index (χ4n) is 4.02. The van der Waals surface area contributed by atoms with Crippen LogP contribution in [-0.4, -0.2) is 48.9 Å². The van der Waals surface area contributed by atoms with Crippen molar-refractivity contribution in [2.24, 2.45) is 5.92 Å². The maximum atomic E-state index is 13.0. The second-order valence-electron chi connectivity index (χ2n) is 7.29. The van der Waals surface area contributed by atoms with Crippen LogP contribution < -0.4 is 10.6 Å². The Hall–Kier alpha value is -2.40. The number of hydrogen-bond acceptors (Lipinski definition) is 3. The third kappa shape index (κ3) is 3.44. The Morgan fingerprint density at radius 3 is 2.54 bits per heavy atom. The minimum absolute atomic E-state index is 0.0205. The van der Waals surface area contributed by atoms with Gasteiger partial charge in [0.25, 0.3) is 5.91 Å². The molecule has 0 radical (unpaired) electrons. The first-order valence-corrected chi connectivity index (χ1v) is 9.50. The molecular weight excluding hydrogens is 326 g/mol. The Kier molecular flexibility index (Phi) is 4.89. The van der Waals surface area contributed by atoms with Crippen LogP contribution in [0.25, 0.3) is 10.8 Å². The van der Waals surface area contributed by atoms with Gasteiger partial charge in [-0.2, -0.15) is 0 Å². The first-order valence-electron chi connectivity index (χ1n) is 9.50. The maximum Gasteiger partial charge on any atom is 0.254 e. The second-order valence-corrected chi connectivity index (χ2v) is 7.29. The Bertz CT molecular complexity index is 801. The van der Waals surface area contributed by atoms with Crippen molar-refractivity contribution in [3.8, 4) is 0 Å². The summed E-state index contributed by atoms with van der Waals surface area (Å²) in [6.07, 6.45) is 2.48. The van der Waals surface area contributed by atoms with Gasteiger partial charge in [-0.15, -0.1) is 0 Å². The molecule has 2 aliphatic heterocycles. The number of hydrogen-bond donors (Lipinski definition) is 2. The number of carbonyl (C=O) groups is 2. The van der Waals surface area contributed by atoms with Gasteiger partial charge in [0.15, 0.2) is 0 Å². The second kappa shape index (κ2) is 7.46. The molecule has 2 aromatic rings. The molecular formula is C21H25N3O2. The van der Waals surface area contributed by atoms with Crippen molar-refractivity contribution in [3.05, 3.63) is 48.0 Å². The number of amides is 2. The third-order valence-electron chi connectivity index (χ3n) is 5.58. The van der Waals surface area contributed by atoms with E-state index < -0.39 is 0 Å². The Morgan fingerprint density at radius 2 is 1.77 bits per heavy atom. The number of benzene rings is 2. The highest BCUT2D eigenvalue weighted by molar-refractivity contribution is 6.07. The summed E-state index contributed by atoms with van der Waals surface area (Å²) in [5.41, 5.74) is 0.753. The molecule has 5 heteroatoms. The first kappa shape index (κ1) is 17.0. The van der Waals surface area contributed by atoms with Gasteiger partial charge in [-0.1, -0.05) is 36.4 Å². The summed E-state index contributed by atoms with van der Waals surface area (Å²) >= 11 is 0. The molecule has 2 aliphatic rings. The Labute approximate surface area is 153 Å². The molecule has 5 nitrogen and oxygen atoms in total. The van der Waals surface area contributed by atoms with Crippen LogP contribution in [0.5, 0.6) is 0 Å². The largest absolute Gasteiger partial charge is 0.352 e. The Morgan fingerprint density at radius 1 is 1.00 bits per heavy atom. The number of nitrogens with zero attached hydrogens (tertiary/aromatic N) is 1. The molecule has 2 fully saturated rings. The molecule has 1 unspecified atom stereocenters. The van der Waals surface area contributed by atoms with Crippen LogP contribution in [-0.2, 0) is 4.79 Å². The van der Waals surface area contributed by atoms with Crippen molar-refractivity contribution in [1.82, 2.24) is 15.5 Å². The van der Waals surface area contributed by atoms with Gasteiger partial charge in [-0.05, 0) is 42.6 Å². The lowest BCUT2D eigenvalue weighted by molar-refractivity contribution is -0.126. The maximum absolute atomic E-state index is 13.0. The summed E-state index contributed by atoms with van der Waals surface area (Å²) in [7, 11) is 0. The average molecular weight is 351 g/mol. The van der Waals surface area contributed by atoms with Crippen LogP contribution in [0.2, 0.25) is 0 Å². The molecule has 2 aromatic carbocycles.